The summed E-state index contributed by atoms with van der Waals surface area (Å²) in [7, 11) is 0. The molecule has 0 aromatic carbocycles. The fourth-order valence-electron chi connectivity index (χ4n) is 3.55. The predicted molar refractivity (Wildman–Crippen MR) is 88.2 cm³/mol. The summed E-state index contributed by atoms with van der Waals surface area (Å²) in [4.78, 5) is 26.2. The number of hydrogen-bond acceptors (Lipinski definition) is 2. The zero-order valence-electron chi connectivity index (χ0n) is 14.4. The number of amides is 2. The maximum absolute atomic E-state index is 12.4. The number of hydrogen-bond donors (Lipinski definition) is 1. The number of rotatable bonds is 5. The Kier molecular flexibility index (Phi) is 5.30. The number of nitrogens with one attached hydrogen (secondary N) is 1. The molecule has 22 heavy (non-hydrogen) atoms. The lowest BCUT2D eigenvalue weighted by molar-refractivity contribution is -0.131. The van der Waals surface area contributed by atoms with Crippen LogP contribution in [-0.2, 0) is 9.59 Å². The number of carbonyl (C=O) groups is 2. The van der Waals surface area contributed by atoms with Crippen molar-refractivity contribution in [1.29, 1.82) is 0 Å². The minimum absolute atomic E-state index is 0.0553. The highest BCUT2D eigenvalue weighted by Crippen LogP contribution is 2.59. The molecule has 2 atom stereocenters. The molecule has 1 N–H and O–H groups in total. The average Bonchev–Trinajstić information content (AvgIpc) is 3.02. The lowest BCUT2D eigenvalue weighted by Gasteiger charge is -2.20. The van der Waals surface area contributed by atoms with E-state index < -0.39 is 0 Å². The molecule has 1 saturated heterocycles. The molecule has 2 unspecified atom stereocenters. The van der Waals surface area contributed by atoms with Gasteiger partial charge in [0.05, 0.1) is 5.92 Å². The maximum Gasteiger partial charge on any atom is 0.224 e. The van der Waals surface area contributed by atoms with Crippen LogP contribution in [0.1, 0.15) is 53.4 Å². The fourth-order valence-corrected chi connectivity index (χ4v) is 3.55. The molecular formula is C18H30N2O2. The van der Waals surface area contributed by atoms with Crippen molar-refractivity contribution in [3.05, 3.63) is 11.6 Å². The minimum atomic E-state index is 0.0553. The summed E-state index contributed by atoms with van der Waals surface area (Å²) in [5.41, 5.74) is 1.32. The van der Waals surface area contributed by atoms with Crippen LogP contribution in [0.25, 0.3) is 0 Å². The summed E-state index contributed by atoms with van der Waals surface area (Å²) in [6.45, 7) is 10.5. The van der Waals surface area contributed by atoms with E-state index in [-0.39, 0.29) is 23.1 Å². The van der Waals surface area contributed by atoms with E-state index in [0.717, 1.165) is 25.8 Å². The van der Waals surface area contributed by atoms with Gasteiger partial charge in [-0.3, -0.25) is 9.59 Å². The first-order valence-electron chi connectivity index (χ1n) is 8.54. The van der Waals surface area contributed by atoms with E-state index in [9.17, 15) is 9.59 Å². The second-order valence-electron chi connectivity index (χ2n) is 7.55. The SMILES string of the molecule is CC(C)=CC1C(C(=O)NCCN2CCCCCC2=O)C1(C)C. The molecule has 0 spiro atoms. The first-order chi connectivity index (χ1) is 10.3. The first-order valence-corrected chi connectivity index (χ1v) is 8.54. The summed E-state index contributed by atoms with van der Waals surface area (Å²) in [5, 5.41) is 3.03. The highest BCUT2D eigenvalue weighted by Gasteiger charge is 2.60. The third kappa shape index (κ3) is 3.90. The minimum Gasteiger partial charge on any atom is -0.354 e. The Morgan fingerprint density at radius 3 is 2.73 bits per heavy atom. The largest absolute Gasteiger partial charge is 0.354 e. The van der Waals surface area contributed by atoms with E-state index in [1.165, 1.54) is 5.57 Å². The quantitative estimate of drug-likeness (QED) is 0.794. The zero-order chi connectivity index (χ0) is 16.3. The summed E-state index contributed by atoms with van der Waals surface area (Å²) in [6, 6.07) is 0. The van der Waals surface area contributed by atoms with Crippen molar-refractivity contribution >= 4 is 11.8 Å². The Bertz CT molecular complexity index is 464. The van der Waals surface area contributed by atoms with Gasteiger partial charge >= 0.3 is 0 Å². The molecule has 0 bridgehead atoms. The second-order valence-corrected chi connectivity index (χ2v) is 7.55. The first kappa shape index (κ1) is 17.0. The normalized spacial score (nSPS) is 27.1. The molecule has 0 aromatic rings. The summed E-state index contributed by atoms with van der Waals surface area (Å²) in [6.07, 6.45) is 6.09. The van der Waals surface area contributed by atoms with E-state index >= 15 is 0 Å². The van der Waals surface area contributed by atoms with Crippen molar-refractivity contribution in [3.63, 3.8) is 0 Å². The number of nitrogens with zero attached hydrogens (tertiary/aromatic N) is 1. The van der Waals surface area contributed by atoms with E-state index in [1.807, 2.05) is 4.90 Å². The Hall–Kier alpha value is -1.32. The number of likely N-dealkylation sites (tertiary alicyclic amines) is 1. The molecule has 0 aromatic heterocycles. The highest BCUT2D eigenvalue weighted by atomic mass is 16.2. The van der Waals surface area contributed by atoms with Crippen molar-refractivity contribution in [2.24, 2.45) is 17.3 Å². The highest BCUT2D eigenvalue weighted by molar-refractivity contribution is 5.83. The summed E-state index contributed by atoms with van der Waals surface area (Å²) >= 11 is 0. The molecule has 0 radical (unpaired) electrons. The summed E-state index contributed by atoms with van der Waals surface area (Å²) < 4.78 is 0. The monoisotopic (exact) mass is 306 g/mol. The lowest BCUT2D eigenvalue weighted by atomic mass is 10.1. The van der Waals surface area contributed by atoms with Crippen LogP contribution in [0.15, 0.2) is 11.6 Å². The van der Waals surface area contributed by atoms with E-state index in [0.29, 0.717) is 25.4 Å². The van der Waals surface area contributed by atoms with E-state index in [4.69, 9.17) is 0 Å². The van der Waals surface area contributed by atoms with Gasteiger partial charge < -0.3 is 10.2 Å². The van der Waals surface area contributed by atoms with Crippen LogP contribution in [0, 0.1) is 17.3 Å². The fraction of sp³-hybridized carbons (Fsp3) is 0.778. The summed E-state index contributed by atoms with van der Waals surface area (Å²) in [5.74, 6) is 0.787. The van der Waals surface area contributed by atoms with Crippen molar-refractivity contribution in [3.8, 4) is 0 Å². The van der Waals surface area contributed by atoms with E-state index in [1.54, 1.807) is 0 Å². The van der Waals surface area contributed by atoms with E-state index in [2.05, 4.69) is 39.1 Å². The Balaban J connectivity index is 1.79. The molecule has 124 valence electrons. The Labute approximate surface area is 134 Å². The van der Waals surface area contributed by atoms with Gasteiger partial charge in [-0.1, -0.05) is 31.9 Å². The predicted octanol–water partition coefficient (Wildman–Crippen LogP) is 2.74. The van der Waals surface area contributed by atoms with Gasteiger partial charge in [0, 0.05) is 26.1 Å². The molecule has 1 heterocycles. The molecular weight excluding hydrogens is 276 g/mol. The third-order valence-electron chi connectivity index (χ3n) is 5.06. The molecule has 1 saturated carbocycles. The van der Waals surface area contributed by atoms with Gasteiger partial charge in [-0.15, -0.1) is 0 Å². The van der Waals surface area contributed by atoms with Crippen LogP contribution in [0.4, 0.5) is 0 Å². The number of carbonyl (C=O) groups excluding carboxylic acids is 2. The second kappa shape index (κ2) is 6.84. The average molecular weight is 306 g/mol. The molecule has 4 nitrogen and oxygen atoms in total. The molecule has 2 fully saturated rings. The van der Waals surface area contributed by atoms with Crippen LogP contribution in [0.5, 0.6) is 0 Å². The standard InChI is InChI=1S/C18H30N2O2/c1-13(2)12-14-16(18(14,3)4)17(22)19-9-11-20-10-7-5-6-8-15(20)21/h12,14,16H,5-11H2,1-4H3,(H,19,22). The van der Waals surface area contributed by atoms with Crippen LogP contribution >= 0.6 is 0 Å². The van der Waals surface area contributed by atoms with Crippen molar-refractivity contribution in [2.75, 3.05) is 19.6 Å². The van der Waals surface area contributed by atoms with Crippen molar-refractivity contribution in [1.82, 2.24) is 10.2 Å². The van der Waals surface area contributed by atoms with Gasteiger partial charge in [-0.25, -0.2) is 0 Å². The Morgan fingerprint density at radius 2 is 2.05 bits per heavy atom. The molecule has 2 amide bonds. The Morgan fingerprint density at radius 1 is 1.32 bits per heavy atom. The van der Waals surface area contributed by atoms with Crippen molar-refractivity contribution in [2.45, 2.75) is 53.4 Å². The topological polar surface area (TPSA) is 49.4 Å². The molecule has 2 aliphatic rings. The van der Waals surface area contributed by atoms with Gasteiger partial charge in [0.1, 0.15) is 0 Å². The van der Waals surface area contributed by atoms with Gasteiger partial charge in [-0.2, -0.15) is 0 Å². The third-order valence-corrected chi connectivity index (χ3v) is 5.06. The smallest absolute Gasteiger partial charge is 0.224 e. The lowest BCUT2D eigenvalue weighted by Crippen LogP contribution is -2.39. The molecule has 2 rings (SSSR count). The van der Waals surface area contributed by atoms with Crippen molar-refractivity contribution < 1.29 is 9.59 Å². The van der Waals surface area contributed by atoms with Crippen LogP contribution in [0.2, 0.25) is 0 Å². The molecule has 1 aliphatic heterocycles. The zero-order valence-corrected chi connectivity index (χ0v) is 14.4. The van der Waals surface area contributed by atoms with Gasteiger partial charge in [0.25, 0.3) is 0 Å². The number of allylic oxidation sites excluding steroid dienone is 2. The van der Waals surface area contributed by atoms with Crippen LogP contribution in [-0.4, -0.2) is 36.3 Å². The molecule has 4 heteroatoms. The van der Waals surface area contributed by atoms with Gasteiger partial charge in [-0.05, 0) is 38.0 Å². The molecule has 1 aliphatic carbocycles. The van der Waals surface area contributed by atoms with Crippen LogP contribution in [0.3, 0.4) is 0 Å². The van der Waals surface area contributed by atoms with Crippen LogP contribution < -0.4 is 5.32 Å². The van der Waals surface area contributed by atoms with Gasteiger partial charge in [0.15, 0.2) is 0 Å². The van der Waals surface area contributed by atoms with Gasteiger partial charge in [0.2, 0.25) is 11.8 Å². The maximum atomic E-state index is 12.4.